The van der Waals surface area contributed by atoms with Gasteiger partial charge in [-0.3, -0.25) is 5.43 Å². The Labute approximate surface area is 117 Å². The quantitative estimate of drug-likeness (QED) is 0.855. The Kier molecular flexibility index (Phi) is 3.98. The minimum absolute atomic E-state index is 0.742. The van der Waals surface area contributed by atoms with Crippen LogP contribution in [0.2, 0.25) is 0 Å². The summed E-state index contributed by atoms with van der Waals surface area (Å²) in [5, 5.41) is 5.43. The van der Waals surface area contributed by atoms with Crippen molar-refractivity contribution in [3.63, 3.8) is 0 Å². The van der Waals surface area contributed by atoms with E-state index in [0.29, 0.717) is 0 Å². The Morgan fingerprint density at radius 1 is 1.35 bits per heavy atom. The maximum absolute atomic E-state index is 5.35. The van der Waals surface area contributed by atoms with Gasteiger partial charge < -0.3 is 14.5 Å². The Morgan fingerprint density at radius 2 is 2.20 bits per heavy atom. The molecule has 1 aliphatic heterocycles. The molecule has 0 saturated carbocycles. The molecule has 0 spiro atoms. The second-order valence-electron chi connectivity index (χ2n) is 4.77. The number of aromatic nitrogens is 3. The number of imidazole rings is 1. The van der Waals surface area contributed by atoms with Crippen LogP contribution in [0.1, 0.15) is 13.3 Å². The van der Waals surface area contributed by atoms with Crippen molar-refractivity contribution >= 4 is 17.3 Å². The van der Waals surface area contributed by atoms with Gasteiger partial charge >= 0.3 is 0 Å². The molecular weight excluding hydrogens is 256 g/mol. The molecule has 0 aromatic carbocycles. The van der Waals surface area contributed by atoms with Gasteiger partial charge in [-0.1, -0.05) is 6.92 Å². The lowest BCUT2D eigenvalue weighted by Crippen LogP contribution is -2.40. The molecule has 0 aliphatic carbocycles. The van der Waals surface area contributed by atoms with Gasteiger partial charge in [-0.25, -0.2) is 15.0 Å². The third-order valence-electron chi connectivity index (χ3n) is 3.21. The Bertz CT molecular complexity index is 563. The van der Waals surface area contributed by atoms with Crippen LogP contribution in [0.3, 0.4) is 0 Å². The van der Waals surface area contributed by atoms with Gasteiger partial charge in [0.1, 0.15) is 5.82 Å². The summed E-state index contributed by atoms with van der Waals surface area (Å²) in [7, 11) is 0. The monoisotopic (exact) mass is 276 g/mol. The number of rotatable bonds is 5. The van der Waals surface area contributed by atoms with E-state index >= 15 is 0 Å². The van der Waals surface area contributed by atoms with Crippen molar-refractivity contribution in [2.45, 2.75) is 13.3 Å². The number of anilines is 2. The standard InChI is InChI=1S/C13H20N6O/c1-2-3-14-11-10-18-5-4-15-13(18)12(16-11)17-19-6-8-20-9-7-19/h4-5,10,14H,2-3,6-9H2,1H3,(H,16,17). The Morgan fingerprint density at radius 3 is 3.00 bits per heavy atom. The molecule has 2 N–H and O–H groups in total. The first-order valence-electron chi connectivity index (χ1n) is 7.04. The molecule has 0 atom stereocenters. The predicted molar refractivity (Wildman–Crippen MR) is 77.8 cm³/mol. The van der Waals surface area contributed by atoms with E-state index < -0.39 is 0 Å². The van der Waals surface area contributed by atoms with Gasteiger partial charge in [0.2, 0.25) is 0 Å². The zero-order chi connectivity index (χ0) is 13.8. The highest BCUT2D eigenvalue weighted by Crippen LogP contribution is 2.17. The van der Waals surface area contributed by atoms with Gasteiger partial charge in [-0.05, 0) is 6.42 Å². The zero-order valence-electron chi connectivity index (χ0n) is 11.7. The second-order valence-corrected chi connectivity index (χ2v) is 4.77. The third kappa shape index (κ3) is 2.83. The number of fused-ring (bicyclic) bond motifs is 1. The smallest absolute Gasteiger partial charge is 0.186 e. The first-order valence-corrected chi connectivity index (χ1v) is 7.04. The van der Waals surface area contributed by atoms with Gasteiger partial charge in [0.05, 0.1) is 19.4 Å². The largest absolute Gasteiger partial charge is 0.379 e. The number of hydrogen-bond acceptors (Lipinski definition) is 6. The van der Waals surface area contributed by atoms with Crippen LogP contribution in [0.15, 0.2) is 18.6 Å². The van der Waals surface area contributed by atoms with Crippen molar-refractivity contribution in [2.24, 2.45) is 0 Å². The Balaban J connectivity index is 1.84. The number of hydrazine groups is 1. The van der Waals surface area contributed by atoms with E-state index in [2.05, 4.69) is 32.6 Å². The summed E-state index contributed by atoms with van der Waals surface area (Å²) in [5.74, 6) is 1.63. The third-order valence-corrected chi connectivity index (χ3v) is 3.21. The average molecular weight is 276 g/mol. The molecular formula is C13H20N6O. The molecule has 108 valence electrons. The topological polar surface area (TPSA) is 66.7 Å². The molecule has 3 heterocycles. The summed E-state index contributed by atoms with van der Waals surface area (Å²) in [5.41, 5.74) is 4.18. The van der Waals surface area contributed by atoms with Crippen LogP contribution in [0.5, 0.6) is 0 Å². The summed E-state index contributed by atoms with van der Waals surface area (Å²) in [6.45, 7) is 6.22. The van der Waals surface area contributed by atoms with E-state index in [1.807, 2.05) is 16.8 Å². The lowest BCUT2D eigenvalue weighted by atomic mass is 10.4. The number of hydrogen-bond donors (Lipinski definition) is 2. The average Bonchev–Trinajstić information content (AvgIpc) is 2.95. The van der Waals surface area contributed by atoms with Crippen molar-refractivity contribution in [3.8, 4) is 0 Å². The van der Waals surface area contributed by atoms with Crippen LogP contribution in [-0.4, -0.2) is 52.2 Å². The molecule has 0 radical (unpaired) electrons. The summed E-state index contributed by atoms with van der Waals surface area (Å²) in [6, 6.07) is 0. The van der Waals surface area contributed by atoms with E-state index in [-0.39, 0.29) is 0 Å². The molecule has 7 nitrogen and oxygen atoms in total. The molecule has 2 aromatic rings. The van der Waals surface area contributed by atoms with Gasteiger partial charge in [0.15, 0.2) is 11.5 Å². The van der Waals surface area contributed by atoms with E-state index in [1.165, 1.54) is 0 Å². The van der Waals surface area contributed by atoms with Crippen LogP contribution in [0, 0.1) is 0 Å². The summed E-state index contributed by atoms with van der Waals surface area (Å²) >= 11 is 0. The van der Waals surface area contributed by atoms with Crippen molar-refractivity contribution < 1.29 is 4.74 Å². The molecule has 0 bridgehead atoms. The van der Waals surface area contributed by atoms with Crippen LogP contribution < -0.4 is 10.7 Å². The van der Waals surface area contributed by atoms with Gasteiger partial charge in [-0.15, -0.1) is 0 Å². The molecule has 0 unspecified atom stereocenters. The molecule has 1 saturated heterocycles. The highest BCUT2D eigenvalue weighted by molar-refractivity contribution is 5.64. The molecule has 20 heavy (non-hydrogen) atoms. The lowest BCUT2D eigenvalue weighted by Gasteiger charge is -2.27. The zero-order valence-corrected chi connectivity index (χ0v) is 11.7. The minimum atomic E-state index is 0.742. The van der Waals surface area contributed by atoms with Crippen molar-refractivity contribution in [1.82, 2.24) is 19.4 Å². The fraction of sp³-hybridized carbons (Fsp3) is 0.538. The van der Waals surface area contributed by atoms with Gasteiger partial charge in [-0.2, -0.15) is 0 Å². The van der Waals surface area contributed by atoms with Crippen molar-refractivity contribution in [2.75, 3.05) is 43.6 Å². The highest BCUT2D eigenvalue weighted by Gasteiger charge is 2.14. The van der Waals surface area contributed by atoms with Crippen LogP contribution in [-0.2, 0) is 4.74 Å². The van der Waals surface area contributed by atoms with Gasteiger partial charge in [0, 0.05) is 32.0 Å². The van der Waals surface area contributed by atoms with Crippen LogP contribution in [0.25, 0.3) is 5.65 Å². The fourth-order valence-corrected chi connectivity index (χ4v) is 2.17. The molecule has 7 heteroatoms. The van der Waals surface area contributed by atoms with E-state index in [4.69, 9.17) is 4.74 Å². The lowest BCUT2D eigenvalue weighted by molar-refractivity contribution is 0.0495. The SMILES string of the molecule is CCCNc1cn2ccnc2c(NN2CCOCC2)n1. The fourth-order valence-electron chi connectivity index (χ4n) is 2.17. The maximum Gasteiger partial charge on any atom is 0.186 e. The minimum Gasteiger partial charge on any atom is -0.379 e. The highest BCUT2D eigenvalue weighted by atomic mass is 16.5. The summed E-state index contributed by atoms with van der Waals surface area (Å²) in [4.78, 5) is 8.97. The number of morpholine rings is 1. The molecule has 1 fully saturated rings. The van der Waals surface area contributed by atoms with Crippen LogP contribution >= 0.6 is 0 Å². The molecule has 1 aliphatic rings. The van der Waals surface area contributed by atoms with E-state index in [1.54, 1.807) is 6.20 Å². The van der Waals surface area contributed by atoms with E-state index in [0.717, 1.165) is 56.6 Å². The second kappa shape index (κ2) is 6.06. The van der Waals surface area contributed by atoms with Crippen LogP contribution in [0.4, 0.5) is 11.6 Å². The summed E-state index contributed by atoms with van der Waals surface area (Å²) < 4.78 is 7.33. The van der Waals surface area contributed by atoms with Crippen molar-refractivity contribution in [3.05, 3.63) is 18.6 Å². The van der Waals surface area contributed by atoms with E-state index in [9.17, 15) is 0 Å². The molecule has 3 rings (SSSR count). The Hall–Kier alpha value is -1.86. The maximum atomic E-state index is 5.35. The van der Waals surface area contributed by atoms with Crippen molar-refractivity contribution in [1.29, 1.82) is 0 Å². The number of nitrogens with zero attached hydrogens (tertiary/aromatic N) is 4. The normalized spacial score (nSPS) is 16.4. The number of nitrogens with one attached hydrogen (secondary N) is 2. The predicted octanol–water partition coefficient (Wildman–Crippen LogP) is 1.21. The first-order chi connectivity index (χ1) is 9.86. The summed E-state index contributed by atoms with van der Waals surface area (Å²) in [6.07, 6.45) is 6.74. The molecule has 2 aromatic heterocycles. The van der Waals surface area contributed by atoms with Gasteiger partial charge in [0.25, 0.3) is 0 Å². The number of ether oxygens (including phenoxy) is 1. The molecule has 0 amide bonds. The first kappa shape index (κ1) is 13.1.